The quantitative estimate of drug-likeness (QED) is 0.877. The Kier molecular flexibility index (Phi) is 4.21. The molecule has 0 radical (unpaired) electrons. The Labute approximate surface area is 140 Å². The van der Waals surface area contributed by atoms with Gasteiger partial charge in [-0.05, 0) is 37.5 Å². The van der Waals surface area contributed by atoms with Crippen molar-refractivity contribution in [3.8, 4) is 5.75 Å². The number of aromatic hydroxyl groups is 1. The third-order valence-corrected chi connectivity index (χ3v) is 6.10. The molecule has 1 saturated carbocycles. The van der Waals surface area contributed by atoms with Crippen LogP contribution in [0.5, 0.6) is 5.75 Å². The molecule has 1 amide bonds. The summed E-state index contributed by atoms with van der Waals surface area (Å²) in [6, 6.07) is 4.60. The van der Waals surface area contributed by atoms with E-state index in [1.54, 1.807) is 6.07 Å². The highest BCUT2D eigenvalue weighted by Gasteiger charge is 2.69. The zero-order chi connectivity index (χ0) is 16.8. The molecule has 3 nitrogen and oxygen atoms in total. The predicted octanol–water partition coefficient (Wildman–Crippen LogP) is 4.08. The van der Waals surface area contributed by atoms with Crippen molar-refractivity contribution < 1.29 is 23.1 Å². The van der Waals surface area contributed by atoms with E-state index in [4.69, 9.17) is 11.6 Å². The number of rotatable bonds is 3. The second-order valence-corrected chi connectivity index (χ2v) is 7.72. The van der Waals surface area contributed by atoms with E-state index in [9.17, 15) is 23.1 Å². The van der Waals surface area contributed by atoms with Crippen LogP contribution in [0, 0.1) is 5.41 Å². The number of hydrogen-bond donors (Lipinski definition) is 1. The van der Waals surface area contributed by atoms with Gasteiger partial charge in [-0.15, -0.1) is 11.8 Å². The first-order valence-electron chi connectivity index (χ1n) is 7.24. The number of phenolic OH excluding ortho intramolecular Hbond substituents is 1. The Hall–Kier alpha value is -1.08. The highest BCUT2D eigenvalue weighted by atomic mass is 35.5. The zero-order valence-electron chi connectivity index (χ0n) is 12.1. The summed E-state index contributed by atoms with van der Waals surface area (Å²) >= 11 is 7.47. The van der Waals surface area contributed by atoms with Crippen molar-refractivity contribution in [3.63, 3.8) is 0 Å². The molecule has 2 aliphatic rings. The molecule has 1 aliphatic heterocycles. The van der Waals surface area contributed by atoms with Crippen LogP contribution in [0.1, 0.15) is 19.3 Å². The fourth-order valence-corrected chi connectivity index (χ4v) is 4.28. The molecule has 8 heteroatoms. The first-order chi connectivity index (χ1) is 10.7. The van der Waals surface area contributed by atoms with Crippen LogP contribution in [0.25, 0.3) is 0 Å². The highest BCUT2D eigenvalue weighted by Crippen LogP contribution is 2.59. The molecule has 1 heterocycles. The van der Waals surface area contributed by atoms with E-state index >= 15 is 0 Å². The van der Waals surface area contributed by atoms with E-state index in [-0.39, 0.29) is 23.8 Å². The van der Waals surface area contributed by atoms with Gasteiger partial charge < -0.3 is 10.0 Å². The van der Waals surface area contributed by atoms with Gasteiger partial charge in [0.15, 0.2) is 0 Å². The fraction of sp³-hybridized carbons (Fsp3) is 0.533. The Morgan fingerprint density at radius 3 is 2.65 bits per heavy atom. The second-order valence-electron chi connectivity index (χ2n) is 5.97. The van der Waals surface area contributed by atoms with Crippen molar-refractivity contribution in [2.75, 3.05) is 13.1 Å². The molecule has 1 aliphatic carbocycles. The number of thioether (sulfide) groups is 1. The third-order valence-electron chi connectivity index (χ3n) is 4.34. The molecule has 0 aromatic heterocycles. The van der Waals surface area contributed by atoms with Crippen LogP contribution < -0.4 is 0 Å². The van der Waals surface area contributed by atoms with Crippen LogP contribution >= 0.6 is 23.4 Å². The summed E-state index contributed by atoms with van der Waals surface area (Å²) < 4.78 is 39.1. The van der Waals surface area contributed by atoms with Gasteiger partial charge >= 0.3 is 6.18 Å². The predicted molar refractivity (Wildman–Crippen MR) is 81.7 cm³/mol. The minimum absolute atomic E-state index is 0.00465. The standard InChI is InChI=1S/C15H15ClF3NO2S/c16-11-7-9(21)1-2-12(11)23-10-3-6-20(8-10)13(22)14(4-5-14)15(17,18)19/h1-2,7,10,21H,3-6,8H2. The van der Waals surface area contributed by atoms with Crippen molar-refractivity contribution in [1.29, 1.82) is 0 Å². The number of likely N-dealkylation sites (tertiary alicyclic amines) is 1. The van der Waals surface area contributed by atoms with E-state index in [1.807, 2.05) is 0 Å². The van der Waals surface area contributed by atoms with Crippen molar-refractivity contribution in [1.82, 2.24) is 4.90 Å². The van der Waals surface area contributed by atoms with Gasteiger partial charge in [-0.2, -0.15) is 13.2 Å². The maximum atomic E-state index is 13.0. The summed E-state index contributed by atoms with van der Waals surface area (Å²) in [5.74, 6) is -0.728. The lowest BCUT2D eigenvalue weighted by molar-refractivity contribution is -0.197. The number of carbonyl (C=O) groups excluding carboxylic acids is 1. The van der Waals surface area contributed by atoms with Crippen molar-refractivity contribution in [2.24, 2.45) is 5.41 Å². The summed E-state index contributed by atoms with van der Waals surface area (Å²) in [7, 11) is 0. The van der Waals surface area contributed by atoms with Crippen molar-refractivity contribution in [3.05, 3.63) is 23.2 Å². The summed E-state index contributed by atoms with van der Waals surface area (Å²) in [5.41, 5.74) is -2.14. The molecule has 0 bridgehead atoms. The molecule has 1 N–H and O–H groups in total. The number of carbonyl (C=O) groups is 1. The summed E-state index contributed by atoms with van der Waals surface area (Å²) in [6.45, 7) is 0.628. The number of hydrogen-bond acceptors (Lipinski definition) is 3. The van der Waals surface area contributed by atoms with E-state index in [0.717, 1.165) is 4.90 Å². The molecule has 1 aromatic carbocycles. The molecule has 0 spiro atoms. The first-order valence-corrected chi connectivity index (χ1v) is 8.50. The van der Waals surface area contributed by atoms with Gasteiger partial charge in [-0.25, -0.2) is 0 Å². The highest BCUT2D eigenvalue weighted by molar-refractivity contribution is 8.00. The van der Waals surface area contributed by atoms with Crippen LogP contribution in [0.3, 0.4) is 0 Å². The summed E-state index contributed by atoms with van der Waals surface area (Å²) in [5, 5.41) is 9.73. The maximum absolute atomic E-state index is 13.0. The van der Waals surface area contributed by atoms with Gasteiger partial charge in [0.25, 0.3) is 0 Å². The fourth-order valence-electron chi connectivity index (χ4n) is 2.82. The largest absolute Gasteiger partial charge is 0.508 e. The Balaban J connectivity index is 1.64. The van der Waals surface area contributed by atoms with Crippen LogP contribution in [-0.2, 0) is 4.79 Å². The Morgan fingerprint density at radius 1 is 1.39 bits per heavy atom. The van der Waals surface area contributed by atoms with Crippen molar-refractivity contribution >= 4 is 29.3 Å². The summed E-state index contributed by atoms with van der Waals surface area (Å²) in [6.07, 6.45) is -4.04. The number of nitrogens with zero attached hydrogens (tertiary/aromatic N) is 1. The lowest BCUT2D eigenvalue weighted by atomic mass is 10.1. The van der Waals surface area contributed by atoms with Crippen molar-refractivity contribution in [2.45, 2.75) is 35.6 Å². The van der Waals surface area contributed by atoms with Crippen LogP contribution in [-0.4, -0.2) is 40.4 Å². The van der Waals surface area contributed by atoms with Crippen LogP contribution in [0.4, 0.5) is 13.2 Å². The summed E-state index contributed by atoms with van der Waals surface area (Å²) in [4.78, 5) is 14.3. The van der Waals surface area contributed by atoms with Crippen LogP contribution in [0.2, 0.25) is 5.02 Å². The molecule has 1 unspecified atom stereocenters. The van der Waals surface area contributed by atoms with Crippen LogP contribution in [0.15, 0.2) is 23.1 Å². The monoisotopic (exact) mass is 365 g/mol. The average Bonchev–Trinajstić information content (AvgIpc) is 3.16. The number of halogens is 4. The molecule has 2 fully saturated rings. The molecule has 1 aromatic rings. The third kappa shape index (κ3) is 3.13. The lowest BCUT2D eigenvalue weighted by Gasteiger charge is -2.25. The molecular weight excluding hydrogens is 351 g/mol. The number of alkyl halides is 3. The molecule has 1 saturated heterocycles. The van der Waals surface area contributed by atoms with Gasteiger partial charge in [0, 0.05) is 23.2 Å². The second kappa shape index (κ2) is 5.77. The lowest BCUT2D eigenvalue weighted by Crippen LogP contribution is -2.43. The Morgan fingerprint density at radius 2 is 2.09 bits per heavy atom. The Bertz CT molecular complexity index is 634. The average molecular weight is 366 g/mol. The number of benzene rings is 1. The molecule has 126 valence electrons. The topological polar surface area (TPSA) is 40.5 Å². The van der Waals surface area contributed by atoms with Gasteiger partial charge in [0.2, 0.25) is 5.91 Å². The molecule has 1 atom stereocenters. The van der Waals surface area contributed by atoms with E-state index in [2.05, 4.69) is 0 Å². The zero-order valence-corrected chi connectivity index (χ0v) is 13.6. The van der Waals surface area contributed by atoms with Gasteiger partial charge in [0.1, 0.15) is 11.2 Å². The molecular formula is C15H15ClF3NO2S. The normalized spacial score (nSPS) is 23.1. The van der Waals surface area contributed by atoms with Gasteiger partial charge in [0.05, 0.1) is 5.02 Å². The minimum Gasteiger partial charge on any atom is -0.508 e. The van der Waals surface area contributed by atoms with Gasteiger partial charge in [-0.3, -0.25) is 4.79 Å². The minimum atomic E-state index is -4.46. The molecule has 3 rings (SSSR count). The van der Waals surface area contributed by atoms with E-state index < -0.39 is 17.5 Å². The van der Waals surface area contributed by atoms with E-state index in [1.165, 1.54) is 28.8 Å². The van der Waals surface area contributed by atoms with Gasteiger partial charge in [-0.1, -0.05) is 11.6 Å². The molecule has 23 heavy (non-hydrogen) atoms. The number of phenols is 1. The SMILES string of the molecule is O=C(N1CCC(Sc2ccc(O)cc2Cl)C1)C1(C(F)(F)F)CC1. The first kappa shape index (κ1) is 16.8. The number of amides is 1. The maximum Gasteiger partial charge on any atom is 0.403 e. The smallest absolute Gasteiger partial charge is 0.403 e. The van der Waals surface area contributed by atoms with E-state index in [0.29, 0.717) is 24.5 Å².